The van der Waals surface area contributed by atoms with Crippen LogP contribution >= 0.6 is 11.6 Å². The highest BCUT2D eigenvalue weighted by Gasteiger charge is 2.48. The molecule has 2 N–H and O–H groups in total. The number of nitrogens with zero attached hydrogens (tertiary/aromatic N) is 1. The Morgan fingerprint density at radius 1 is 0.956 bits per heavy atom. The van der Waals surface area contributed by atoms with Crippen LogP contribution in [0.4, 0.5) is 4.79 Å². The van der Waals surface area contributed by atoms with Crippen LogP contribution in [-0.2, 0) is 19.9 Å². The number of amides is 2. The molecule has 1 aliphatic heterocycles. The van der Waals surface area contributed by atoms with Crippen molar-refractivity contribution in [3.05, 3.63) is 58.6 Å². The number of unbranched alkanes of at least 4 members (excludes halogenated alkanes) is 10. The van der Waals surface area contributed by atoms with Crippen molar-refractivity contribution in [2.75, 3.05) is 13.7 Å². The van der Waals surface area contributed by atoms with Gasteiger partial charge in [-0.15, -0.1) is 0 Å². The minimum Gasteiger partial charge on any atom is -0.497 e. The van der Waals surface area contributed by atoms with Gasteiger partial charge >= 0.3 is 6.09 Å². The molecule has 1 saturated heterocycles. The lowest BCUT2D eigenvalue weighted by Gasteiger charge is -2.35. The van der Waals surface area contributed by atoms with Crippen molar-refractivity contribution in [2.24, 2.45) is 0 Å². The summed E-state index contributed by atoms with van der Waals surface area (Å²) in [5.74, 6) is 0.273. The van der Waals surface area contributed by atoms with Gasteiger partial charge in [0.05, 0.1) is 13.7 Å². The van der Waals surface area contributed by atoms with Gasteiger partial charge in [-0.05, 0) is 55.2 Å². The number of carbonyl (C=O) groups excluding carboxylic acids is 2. The van der Waals surface area contributed by atoms with Gasteiger partial charge in [0.25, 0.3) is 12.3 Å². The summed E-state index contributed by atoms with van der Waals surface area (Å²) in [6.07, 6.45) is 10.7. The van der Waals surface area contributed by atoms with E-state index in [0.29, 0.717) is 52.0 Å². The number of aliphatic hydroxyl groups is 1. The number of halogens is 1. The van der Waals surface area contributed by atoms with E-state index in [1.165, 1.54) is 52.1 Å². The highest BCUT2D eigenvalue weighted by molar-refractivity contribution is 6.30. The number of cyclic esters (lactones) is 1. The van der Waals surface area contributed by atoms with E-state index >= 15 is 0 Å². The third-order valence-electron chi connectivity index (χ3n) is 8.10. The van der Waals surface area contributed by atoms with Crippen LogP contribution in [0.15, 0.2) is 42.5 Å². The number of rotatable bonds is 22. The predicted octanol–water partition coefficient (Wildman–Crippen LogP) is 8.37. The number of hydrogen-bond acceptors (Lipinski definition) is 8. The van der Waals surface area contributed by atoms with Gasteiger partial charge in [-0.2, -0.15) is 4.90 Å². The standard InChI is InChI=1S/C35H49ClN2O7/c1-4-6-8-9-10-11-12-13-14-15-23-43-30-22-19-27(36)24-29(30)35(25-37,26-17-20-28(42-3)21-18-26)45-34(41)38-32(39)31(16-7-5-2)44-33(38)40/h17-22,24-25,31,34,37,41H,4-16,23H2,1-3H3. The SMILES string of the molecule is CCCCCCCCCCCCOc1ccc(Cl)cc1C(C=N)(OC(O)N1C(=O)OC(CCCC)C1=O)c1ccc(OC)cc1. The van der Waals surface area contributed by atoms with Gasteiger partial charge in [0.1, 0.15) is 11.5 Å². The molecular formula is C35H49ClN2O7. The summed E-state index contributed by atoms with van der Waals surface area (Å²) < 4.78 is 22.9. The van der Waals surface area contributed by atoms with Gasteiger partial charge in [-0.1, -0.05) is 102 Å². The average molecular weight is 645 g/mol. The largest absolute Gasteiger partial charge is 0.497 e. The summed E-state index contributed by atoms with van der Waals surface area (Å²) >= 11 is 6.46. The Bertz CT molecular complexity index is 1220. The molecule has 248 valence electrons. The van der Waals surface area contributed by atoms with Gasteiger partial charge in [0.15, 0.2) is 11.7 Å². The Kier molecular flexibility index (Phi) is 15.1. The van der Waals surface area contributed by atoms with Gasteiger partial charge in [-0.3, -0.25) is 4.79 Å². The van der Waals surface area contributed by atoms with Gasteiger partial charge in [-0.25, -0.2) is 4.79 Å². The first-order valence-electron chi connectivity index (χ1n) is 16.3. The van der Waals surface area contributed by atoms with E-state index in [9.17, 15) is 14.7 Å². The zero-order valence-electron chi connectivity index (χ0n) is 26.9. The van der Waals surface area contributed by atoms with Crippen molar-refractivity contribution in [3.63, 3.8) is 0 Å². The highest BCUT2D eigenvalue weighted by atomic mass is 35.5. The third-order valence-corrected chi connectivity index (χ3v) is 8.34. The van der Waals surface area contributed by atoms with E-state index in [1.807, 2.05) is 6.92 Å². The lowest BCUT2D eigenvalue weighted by Crippen LogP contribution is -2.48. The first-order valence-corrected chi connectivity index (χ1v) is 16.7. The van der Waals surface area contributed by atoms with Crippen LogP contribution in [-0.4, -0.2) is 54.5 Å². The lowest BCUT2D eigenvalue weighted by molar-refractivity contribution is -0.209. The maximum absolute atomic E-state index is 13.1. The van der Waals surface area contributed by atoms with Crippen LogP contribution in [0.3, 0.4) is 0 Å². The second-order valence-corrected chi connectivity index (χ2v) is 11.9. The fourth-order valence-electron chi connectivity index (χ4n) is 5.47. The minimum absolute atomic E-state index is 0.337. The summed E-state index contributed by atoms with van der Waals surface area (Å²) in [7, 11) is 1.54. The van der Waals surface area contributed by atoms with Crippen molar-refractivity contribution in [1.29, 1.82) is 5.41 Å². The lowest BCUT2D eigenvalue weighted by atomic mass is 9.86. The summed E-state index contributed by atoms with van der Waals surface area (Å²) in [5.41, 5.74) is -1.04. The van der Waals surface area contributed by atoms with Crippen LogP contribution in [0.25, 0.3) is 0 Å². The van der Waals surface area contributed by atoms with E-state index in [-0.39, 0.29) is 0 Å². The molecule has 1 heterocycles. The molecule has 3 rings (SSSR count). The molecule has 9 nitrogen and oxygen atoms in total. The zero-order valence-corrected chi connectivity index (χ0v) is 27.7. The molecule has 2 amide bonds. The molecule has 3 unspecified atom stereocenters. The smallest absolute Gasteiger partial charge is 0.421 e. The van der Waals surface area contributed by atoms with Crippen molar-refractivity contribution >= 4 is 29.8 Å². The number of ether oxygens (including phenoxy) is 4. The number of methoxy groups -OCH3 is 1. The molecule has 2 aromatic carbocycles. The quantitative estimate of drug-likeness (QED) is 0.0751. The maximum Gasteiger partial charge on any atom is 0.421 e. The fraction of sp³-hybridized carbons (Fsp3) is 0.571. The Morgan fingerprint density at radius 2 is 1.58 bits per heavy atom. The molecule has 0 bridgehead atoms. The van der Waals surface area contributed by atoms with E-state index in [4.69, 9.17) is 36.0 Å². The second kappa shape index (κ2) is 18.7. The van der Waals surface area contributed by atoms with Crippen molar-refractivity contribution in [2.45, 2.75) is 115 Å². The summed E-state index contributed by atoms with van der Waals surface area (Å²) in [5, 5.41) is 20.2. The summed E-state index contributed by atoms with van der Waals surface area (Å²) in [6.45, 7) is 4.62. The number of hydrogen-bond donors (Lipinski definition) is 2. The molecule has 3 atom stereocenters. The molecule has 0 spiro atoms. The van der Waals surface area contributed by atoms with Gasteiger partial charge in [0, 0.05) is 16.8 Å². The van der Waals surface area contributed by atoms with Crippen LogP contribution in [0.1, 0.15) is 108 Å². The number of aliphatic hydroxyl groups excluding tert-OH is 1. The summed E-state index contributed by atoms with van der Waals surface area (Å²) in [4.78, 5) is 26.3. The second-order valence-electron chi connectivity index (χ2n) is 11.4. The Hall–Kier alpha value is -3.14. The molecule has 2 aromatic rings. The number of imide groups is 1. The van der Waals surface area contributed by atoms with E-state index in [1.54, 1.807) is 42.5 Å². The first-order chi connectivity index (χ1) is 21.8. The molecule has 0 radical (unpaired) electrons. The third kappa shape index (κ3) is 9.92. The monoisotopic (exact) mass is 644 g/mol. The Labute approximate surface area is 272 Å². The van der Waals surface area contributed by atoms with Crippen molar-refractivity contribution < 1.29 is 33.6 Å². The maximum atomic E-state index is 13.1. The van der Waals surface area contributed by atoms with Crippen LogP contribution in [0, 0.1) is 5.41 Å². The number of carbonyl (C=O) groups is 2. The topological polar surface area (TPSA) is 118 Å². The Balaban J connectivity index is 1.81. The fourth-order valence-corrected chi connectivity index (χ4v) is 5.65. The molecule has 10 heteroatoms. The van der Waals surface area contributed by atoms with E-state index in [2.05, 4.69) is 6.92 Å². The summed E-state index contributed by atoms with van der Waals surface area (Å²) in [6, 6.07) is 11.7. The van der Waals surface area contributed by atoms with Gasteiger partial charge in [0.2, 0.25) is 0 Å². The minimum atomic E-state index is -2.06. The highest BCUT2D eigenvalue weighted by Crippen LogP contribution is 2.41. The number of nitrogens with one attached hydrogen (secondary N) is 1. The number of benzene rings is 2. The predicted molar refractivity (Wildman–Crippen MR) is 175 cm³/mol. The normalized spacial score (nSPS) is 16.7. The van der Waals surface area contributed by atoms with Gasteiger partial charge < -0.3 is 29.5 Å². The zero-order chi connectivity index (χ0) is 32.7. The molecule has 0 aliphatic carbocycles. The molecule has 0 aromatic heterocycles. The van der Waals surface area contributed by atoms with E-state index < -0.39 is 30.1 Å². The van der Waals surface area contributed by atoms with Crippen molar-refractivity contribution in [3.8, 4) is 11.5 Å². The van der Waals surface area contributed by atoms with Crippen LogP contribution in [0.2, 0.25) is 5.02 Å². The molecule has 1 fully saturated rings. The molecule has 1 aliphatic rings. The van der Waals surface area contributed by atoms with Crippen LogP contribution < -0.4 is 9.47 Å². The molecular weight excluding hydrogens is 596 g/mol. The van der Waals surface area contributed by atoms with Crippen LogP contribution in [0.5, 0.6) is 11.5 Å². The Morgan fingerprint density at radius 3 is 2.18 bits per heavy atom. The first kappa shape index (κ1) is 36.3. The van der Waals surface area contributed by atoms with Crippen molar-refractivity contribution in [1.82, 2.24) is 4.90 Å². The van der Waals surface area contributed by atoms with E-state index in [0.717, 1.165) is 31.9 Å². The molecule has 0 saturated carbocycles. The molecule has 45 heavy (non-hydrogen) atoms. The average Bonchev–Trinajstić information content (AvgIpc) is 3.34.